The highest BCUT2D eigenvalue weighted by atomic mass is 19.1. The predicted molar refractivity (Wildman–Crippen MR) is 58.4 cm³/mol. The van der Waals surface area contributed by atoms with E-state index in [4.69, 9.17) is 9.84 Å². The van der Waals surface area contributed by atoms with Crippen LogP contribution in [0, 0.1) is 5.82 Å². The fourth-order valence-electron chi connectivity index (χ4n) is 1.55. The molecular weight excluding hydrogens is 211 g/mol. The fourth-order valence-corrected chi connectivity index (χ4v) is 1.55. The molecule has 1 aromatic carbocycles. The molecule has 0 saturated carbocycles. The third-order valence-corrected chi connectivity index (χ3v) is 2.36. The summed E-state index contributed by atoms with van der Waals surface area (Å²) in [6.07, 6.45) is -0.164. The number of methoxy groups -OCH3 is 1. The summed E-state index contributed by atoms with van der Waals surface area (Å²) in [5.41, 5.74) is 1.01. The zero-order valence-corrected chi connectivity index (χ0v) is 9.58. The van der Waals surface area contributed by atoms with Gasteiger partial charge < -0.3 is 9.84 Å². The molecule has 1 aromatic rings. The van der Waals surface area contributed by atoms with Crippen LogP contribution in [-0.2, 0) is 11.2 Å². The van der Waals surface area contributed by atoms with Crippen LogP contribution in [0.15, 0.2) is 12.1 Å². The maximum atomic E-state index is 13.6. The Bertz CT molecular complexity index is 399. The van der Waals surface area contributed by atoms with Crippen LogP contribution < -0.4 is 4.74 Å². The molecule has 16 heavy (non-hydrogen) atoms. The van der Waals surface area contributed by atoms with Gasteiger partial charge in [0, 0.05) is 11.6 Å². The van der Waals surface area contributed by atoms with Crippen molar-refractivity contribution in [1.82, 2.24) is 0 Å². The van der Waals surface area contributed by atoms with Gasteiger partial charge in [-0.1, -0.05) is 13.8 Å². The third-order valence-electron chi connectivity index (χ3n) is 2.36. The molecule has 88 valence electrons. The molecule has 4 heteroatoms. The highest BCUT2D eigenvalue weighted by molar-refractivity contribution is 5.71. The summed E-state index contributed by atoms with van der Waals surface area (Å²) in [5.74, 6) is -1.02. The van der Waals surface area contributed by atoms with Crippen LogP contribution in [-0.4, -0.2) is 18.2 Å². The monoisotopic (exact) mass is 226 g/mol. The minimum atomic E-state index is -0.959. The van der Waals surface area contributed by atoms with E-state index >= 15 is 0 Å². The van der Waals surface area contributed by atoms with E-state index in [0.29, 0.717) is 11.1 Å². The van der Waals surface area contributed by atoms with E-state index < -0.39 is 5.97 Å². The van der Waals surface area contributed by atoms with Crippen LogP contribution >= 0.6 is 0 Å². The van der Waals surface area contributed by atoms with Gasteiger partial charge in [0.2, 0.25) is 0 Å². The average molecular weight is 226 g/mol. The zero-order chi connectivity index (χ0) is 12.3. The average Bonchev–Trinajstić information content (AvgIpc) is 2.18. The summed E-state index contributed by atoms with van der Waals surface area (Å²) in [7, 11) is 1.40. The van der Waals surface area contributed by atoms with Crippen molar-refractivity contribution < 1.29 is 19.0 Å². The molecule has 0 aliphatic carbocycles. The lowest BCUT2D eigenvalue weighted by molar-refractivity contribution is -0.136. The molecule has 0 aliphatic rings. The molecule has 0 spiro atoms. The van der Waals surface area contributed by atoms with Gasteiger partial charge in [-0.05, 0) is 17.5 Å². The topological polar surface area (TPSA) is 46.5 Å². The Morgan fingerprint density at radius 2 is 2.12 bits per heavy atom. The SMILES string of the molecule is COc1cc(F)c(C(C)C)cc1CC(=O)O. The van der Waals surface area contributed by atoms with Crippen molar-refractivity contribution in [2.45, 2.75) is 26.2 Å². The van der Waals surface area contributed by atoms with Crippen molar-refractivity contribution in [2.24, 2.45) is 0 Å². The largest absolute Gasteiger partial charge is 0.496 e. The Morgan fingerprint density at radius 3 is 2.56 bits per heavy atom. The second kappa shape index (κ2) is 4.96. The summed E-state index contributed by atoms with van der Waals surface area (Å²) >= 11 is 0. The molecule has 0 heterocycles. The van der Waals surface area contributed by atoms with Crippen LogP contribution in [0.2, 0.25) is 0 Å². The number of benzene rings is 1. The molecule has 0 atom stereocenters. The Kier molecular flexibility index (Phi) is 3.88. The van der Waals surface area contributed by atoms with Crippen molar-refractivity contribution in [1.29, 1.82) is 0 Å². The van der Waals surface area contributed by atoms with Gasteiger partial charge in [-0.25, -0.2) is 4.39 Å². The molecule has 0 fully saturated rings. The first kappa shape index (κ1) is 12.5. The summed E-state index contributed by atoms with van der Waals surface area (Å²) < 4.78 is 18.5. The number of ether oxygens (including phenoxy) is 1. The molecule has 3 nitrogen and oxygen atoms in total. The summed E-state index contributed by atoms with van der Waals surface area (Å²) in [4.78, 5) is 10.7. The van der Waals surface area contributed by atoms with Crippen LogP contribution in [0.1, 0.15) is 30.9 Å². The summed E-state index contributed by atoms with van der Waals surface area (Å²) in [6.45, 7) is 3.71. The van der Waals surface area contributed by atoms with Gasteiger partial charge in [-0.2, -0.15) is 0 Å². The lowest BCUT2D eigenvalue weighted by atomic mass is 9.98. The number of hydrogen-bond acceptors (Lipinski definition) is 2. The number of halogens is 1. The fraction of sp³-hybridized carbons (Fsp3) is 0.417. The first-order valence-electron chi connectivity index (χ1n) is 5.03. The quantitative estimate of drug-likeness (QED) is 0.858. The molecule has 0 aliphatic heterocycles. The van der Waals surface area contributed by atoms with E-state index in [1.54, 1.807) is 6.07 Å². The lowest BCUT2D eigenvalue weighted by Gasteiger charge is -2.12. The smallest absolute Gasteiger partial charge is 0.307 e. The highest BCUT2D eigenvalue weighted by Crippen LogP contribution is 2.27. The molecular formula is C12H15FO3. The van der Waals surface area contributed by atoms with Crippen LogP contribution in [0.25, 0.3) is 0 Å². The minimum absolute atomic E-state index is 0.0125. The normalized spacial score (nSPS) is 10.6. The minimum Gasteiger partial charge on any atom is -0.496 e. The molecule has 0 saturated heterocycles. The van der Waals surface area contributed by atoms with Crippen LogP contribution in [0.4, 0.5) is 4.39 Å². The number of carboxylic acid groups (broad SMARTS) is 1. The van der Waals surface area contributed by atoms with Gasteiger partial charge in [0.1, 0.15) is 11.6 Å². The van der Waals surface area contributed by atoms with Crippen LogP contribution in [0.5, 0.6) is 5.75 Å². The zero-order valence-electron chi connectivity index (χ0n) is 9.58. The number of rotatable bonds is 4. The Labute approximate surface area is 93.9 Å². The summed E-state index contributed by atoms with van der Waals surface area (Å²) in [6, 6.07) is 2.81. The van der Waals surface area contributed by atoms with E-state index in [1.165, 1.54) is 13.2 Å². The molecule has 1 N–H and O–H groups in total. The van der Waals surface area contributed by atoms with Crippen molar-refractivity contribution in [3.05, 3.63) is 29.1 Å². The Morgan fingerprint density at radius 1 is 1.50 bits per heavy atom. The molecule has 1 rings (SSSR count). The van der Waals surface area contributed by atoms with Gasteiger partial charge in [-0.3, -0.25) is 4.79 Å². The van der Waals surface area contributed by atoms with Gasteiger partial charge in [-0.15, -0.1) is 0 Å². The van der Waals surface area contributed by atoms with E-state index in [1.807, 2.05) is 13.8 Å². The molecule has 0 bridgehead atoms. The molecule has 0 unspecified atom stereocenters. The van der Waals surface area contributed by atoms with E-state index in [2.05, 4.69) is 0 Å². The van der Waals surface area contributed by atoms with E-state index in [0.717, 1.165) is 0 Å². The van der Waals surface area contributed by atoms with Gasteiger partial charge in [0.15, 0.2) is 0 Å². The van der Waals surface area contributed by atoms with Gasteiger partial charge in [0.25, 0.3) is 0 Å². The third kappa shape index (κ3) is 2.72. The van der Waals surface area contributed by atoms with Crippen LogP contribution in [0.3, 0.4) is 0 Å². The molecule has 0 amide bonds. The van der Waals surface area contributed by atoms with Crippen molar-refractivity contribution in [3.63, 3.8) is 0 Å². The number of carbonyl (C=O) groups is 1. The van der Waals surface area contributed by atoms with Crippen molar-refractivity contribution in [3.8, 4) is 5.75 Å². The predicted octanol–water partition coefficient (Wildman–Crippen LogP) is 2.58. The maximum absolute atomic E-state index is 13.6. The highest BCUT2D eigenvalue weighted by Gasteiger charge is 2.14. The lowest BCUT2D eigenvalue weighted by Crippen LogP contribution is -2.05. The van der Waals surface area contributed by atoms with E-state index in [-0.39, 0.29) is 23.9 Å². The van der Waals surface area contributed by atoms with Crippen molar-refractivity contribution in [2.75, 3.05) is 7.11 Å². The Hall–Kier alpha value is -1.58. The Balaban J connectivity index is 3.22. The van der Waals surface area contributed by atoms with Gasteiger partial charge >= 0.3 is 5.97 Å². The summed E-state index contributed by atoms with van der Waals surface area (Å²) in [5, 5.41) is 8.74. The first-order chi connectivity index (χ1) is 7.45. The second-order valence-electron chi connectivity index (χ2n) is 3.91. The molecule has 0 aromatic heterocycles. The van der Waals surface area contributed by atoms with E-state index in [9.17, 15) is 9.18 Å². The number of aliphatic carboxylic acids is 1. The molecule has 0 radical (unpaired) electrons. The number of carboxylic acids is 1. The first-order valence-corrected chi connectivity index (χ1v) is 5.03. The standard InChI is InChI=1S/C12H15FO3/c1-7(2)9-4-8(5-12(14)15)11(16-3)6-10(9)13/h4,6-7H,5H2,1-3H3,(H,14,15). The maximum Gasteiger partial charge on any atom is 0.307 e. The second-order valence-corrected chi connectivity index (χ2v) is 3.91. The number of hydrogen-bond donors (Lipinski definition) is 1. The van der Waals surface area contributed by atoms with Crippen molar-refractivity contribution >= 4 is 5.97 Å². The van der Waals surface area contributed by atoms with Gasteiger partial charge in [0.05, 0.1) is 13.5 Å².